The molecule has 0 saturated carbocycles. The lowest BCUT2D eigenvalue weighted by Crippen LogP contribution is -2.61. The van der Waals surface area contributed by atoms with Gasteiger partial charge in [0.1, 0.15) is 60.6 Å². The van der Waals surface area contributed by atoms with Gasteiger partial charge in [0.05, 0.1) is 13.2 Å². The molecule has 12 nitrogen and oxygen atoms in total. The van der Waals surface area contributed by atoms with E-state index in [9.17, 15) is 35.4 Å². The van der Waals surface area contributed by atoms with Crippen molar-refractivity contribution >= 4 is 5.97 Å². The molecule has 9 atom stereocenters. The maximum Gasteiger partial charge on any atom is 0.342 e. The molecule has 3 aliphatic heterocycles. The first kappa shape index (κ1) is 23.3. The van der Waals surface area contributed by atoms with Gasteiger partial charge in [-0.1, -0.05) is 6.07 Å². The monoisotopic (exact) mass is 458 g/mol. The van der Waals surface area contributed by atoms with Gasteiger partial charge in [0.2, 0.25) is 6.29 Å². The Morgan fingerprint density at radius 1 is 0.969 bits per heavy atom. The molecule has 0 aliphatic carbocycles. The average Bonchev–Trinajstić information content (AvgIpc) is 3.17. The minimum absolute atomic E-state index is 0.0866. The largest absolute Gasteiger partial charge is 0.461 e. The van der Waals surface area contributed by atoms with E-state index in [1.807, 2.05) is 6.92 Å². The predicted octanol–water partition coefficient (Wildman–Crippen LogP) is -2.69. The number of carbonyl (C=O) groups is 1. The van der Waals surface area contributed by atoms with Crippen LogP contribution in [0.3, 0.4) is 0 Å². The fourth-order valence-electron chi connectivity index (χ4n) is 3.84. The number of ether oxygens (including phenoxy) is 5. The number of carbonyl (C=O) groups excluding carboxylic acids is 1. The van der Waals surface area contributed by atoms with Crippen molar-refractivity contribution in [3.8, 4) is 5.75 Å². The molecular weight excluding hydrogens is 432 g/mol. The smallest absolute Gasteiger partial charge is 0.342 e. The minimum atomic E-state index is -1.67. The van der Waals surface area contributed by atoms with Gasteiger partial charge < -0.3 is 54.3 Å². The second-order valence-electron chi connectivity index (χ2n) is 8.03. The van der Waals surface area contributed by atoms with E-state index in [1.165, 1.54) is 6.07 Å². The maximum atomic E-state index is 12.1. The second-order valence-corrected chi connectivity index (χ2v) is 8.03. The highest BCUT2D eigenvalue weighted by Gasteiger charge is 2.47. The Balaban J connectivity index is 1.46. The Bertz CT molecular complexity index is 846. The van der Waals surface area contributed by atoms with Crippen LogP contribution in [0, 0.1) is 6.92 Å². The summed E-state index contributed by atoms with van der Waals surface area (Å²) in [5.74, 6) is -0.503. The summed E-state index contributed by atoms with van der Waals surface area (Å²) in [7, 11) is 0. The first-order valence-electron chi connectivity index (χ1n) is 10.1. The van der Waals surface area contributed by atoms with Crippen molar-refractivity contribution in [2.45, 2.75) is 68.8 Å². The van der Waals surface area contributed by atoms with Crippen molar-refractivity contribution in [2.75, 3.05) is 13.2 Å². The second kappa shape index (κ2) is 9.17. The number of fused-ring (bicyclic) bond motifs is 1. The van der Waals surface area contributed by atoms with Crippen LogP contribution >= 0.6 is 0 Å². The molecule has 2 saturated heterocycles. The van der Waals surface area contributed by atoms with Crippen molar-refractivity contribution < 1.29 is 59.1 Å². The summed E-state index contributed by atoms with van der Waals surface area (Å²) in [4.78, 5) is 12.1. The van der Waals surface area contributed by atoms with Crippen LogP contribution in [0.1, 0.15) is 21.5 Å². The molecule has 1 aromatic rings. The Kier molecular flexibility index (Phi) is 6.68. The summed E-state index contributed by atoms with van der Waals surface area (Å²) in [6.45, 7) is 1.21. The van der Waals surface area contributed by atoms with Crippen molar-refractivity contribution in [3.05, 3.63) is 28.8 Å². The van der Waals surface area contributed by atoms with Crippen LogP contribution < -0.4 is 4.74 Å². The molecule has 3 heterocycles. The zero-order valence-electron chi connectivity index (χ0n) is 17.1. The summed E-state index contributed by atoms with van der Waals surface area (Å²) in [5, 5.41) is 60.1. The van der Waals surface area contributed by atoms with Crippen LogP contribution in [0.25, 0.3) is 0 Å². The van der Waals surface area contributed by atoms with E-state index in [1.54, 1.807) is 6.07 Å². The van der Waals surface area contributed by atoms with E-state index in [0.717, 1.165) is 5.56 Å². The van der Waals surface area contributed by atoms with Crippen molar-refractivity contribution in [1.82, 2.24) is 0 Å². The van der Waals surface area contributed by atoms with E-state index in [2.05, 4.69) is 0 Å². The summed E-state index contributed by atoms with van der Waals surface area (Å²) in [5.41, 5.74) is 1.66. The van der Waals surface area contributed by atoms with Gasteiger partial charge in [-0.25, -0.2) is 4.79 Å². The van der Waals surface area contributed by atoms with Crippen LogP contribution in [-0.4, -0.2) is 105 Å². The molecule has 32 heavy (non-hydrogen) atoms. The topological polar surface area (TPSA) is 185 Å². The van der Waals surface area contributed by atoms with Gasteiger partial charge in [0.25, 0.3) is 0 Å². The Labute approximate surface area is 182 Å². The van der Waals surface area contributed by atoms with E-state index in [0.29, 0.717) is 5.56 Å². The molecule has 12 heteroatoms. The predicted molar refractivity (Wildman–Crippen MR) is 101 cm³/mol. The number of rotatable bonds is 5. The Hall–Kier alpha value is -1.87. The van der Waals surface area contributed by atoms with E-state index in [-0.39, 0.29) is 24.5 Å². The third-order valence-corrected chi connectivity index (χ3v) is 5.85. The van der Waals surface area contributed by atoms with Gasteiger partial charge >= 0.3 is 5.97 Å². The molecule has 0 spiro atoms. The lowest BCUT2D eigenvalue weighted by Gasteiger charge is -2.41. The molecule has 178 valence electrons. The van der Waals surface area contributed by atoms with E-state index >= 15 is 0 Å². The maximum absolute atomic E-state index is 12.1. The molecule has 6 N–H and O–H groups in total. The fourth-order valence-corrected chi connectivity index (χ4v) is 3.84. The minimum Gasteiger partial charge on any atom is -0.461 e. The molecule has 3 aliphatic rings. The third kappa shape index (κ3) is 4.21. The van der Waals surface area contributed by atoms with Crippen LogP contribution in [0.5, 0.6) is 5.75 Å². The van der Waals surface area contributed by atoms with Crippen molar-refractivity contribution in [2.24, 2.45) is 0 Å². The summed E-state index contributed by atoms with van der Waals surface area (Å²) in [6.07, 6.45) is -13.2. The molecule has 0 bridgehead atoms. The summed E-state index contributed by atoms with van der Waals surface area (Å²) in [6, 6.07) is 3.22. The standard InChI is InChI=1S/C20H26O12/c1-7-2-3-10(12-8(7)4-28-18(12)27)31-20-17(26)15(24)14(23)11(32-20)6-30-19-16(25)13(22)9(21)5-29-19/h2-3,9,11,13-17,19-26H,4-6H2,1H3/t9-,11+,13-,14+,15-,16+,17+,19-,20+/m0/s1. The highest BCUT2D eigenvalue weighted by atomic mass is 16.7. The average molecular weight is 458 g/mol. The third-order valence-electron chi connectivity index (χ3n) is 5.85. The van der Waals surface area contributed by atoms with Gasteiger partial charge in [-0.2, -0.15) is 0 Å². The zero-order chi connectivity index (χ0) is 23.2. The molecule has 2 fully saturated rings. The fraction of sp³-hybridized carbons (Fsp3) is 0.650. The van der Waals surface area contributed by atoms with Crippen molar-refractivity contribution in [1.29, 1.82) is 0 Å². The first-order valence-corrected chi connectivity index (χ1v) is 10.1. The Morgan fingerprint density at radius 2 is 1.69 bits per heavy atom. The SMILES string of the molecule is Cc1ccc(O[C@@H]2O[C@H](CO[C@@H]3OC[C@H](O)[C@H](O)[C@H]3O)[C@@H](O)[C@H](O)[C@H]2O)c2c1COC2=O. The van der Waals surface area contributed by atoms with Crippen LogP contribution in [0.2, 0.25) is 0 Å². The van der Waals surface area contributed by atoms with E-state index in [4.69, 9.17) is 23.7 Å². The molecular formula is C20H26O12. The van der Waals surface area contributed by atoms with Crippen LogP contribution in [0.4, 0.5) is 0 Å². The number of aliphatic hydroxyl groups excluding tert-OH is 6. The number of esters is 1. The number of aliphatic hydroxyl groups is 6. The van der Waals surface area contributed by atoms with Gasteiger partial charge in [-0.3, -0.25) is 0 Å². The first-order chi connectivity index (χ1) is 15.2. The lowest BCUT2D eigenvalue weighted by molar-refractivity contribution is -0.307. The molecule has 0 unspecified atom stereocenters. The van der Waals surface area contributed by atoms with Gasteiger partial charge in [-0.05, 0) is 18.6 Å². The highest BCUT2D eigenvalue weighted by molar-refractivity contribution is 5.96. The number of cyclic esters (lactones) is 1. The van der Waals surface area contributed by atoms with Gasteiger partial charge in [0.15, 0.2) is 6.29 Å². The van der Waals surface area contributed by atoms with Crippen LogP contribution in [-0.2, 0) is 25.6 Å². The number of hydrogen-bond donors (Lipinski definition) is 6. The molecule has 1 aromatic carbocycles. The highest BCUT2D eigenvalue weighted by Crippen LogP contribution is 2.34. The van der Waals surface area contributed by atoms with Crippen LogP contribution in [0.15, 0.2) is 12.1 Å². The molecule has 0 amide bonds. The zero-order valence-corrected chi connectivity index (χ0v) is 17.1. The lowest BCUT2D eigenvalue weighted by atomic mass is 9.99. The van der Waals surface area contributed by atoms with E-state index < -0.39 is 67.9 Å². The number of hydrogen-bond acceptors (Lipinski definition) is 12. The summed E-state index contributed by atoms with van der Waals surface area (Å²) < 4.78 is 26.8. The summed E-state index contributed by atoms with van der Waals surface area (Å²) >= 11 is 0. The van der Waals surface area contributed by atoms with Gasteiger partial charge in [0, 0.05) is 5.56 Å². The quantitative estimate of drug-likeness (QED) is 0.251. The molecule has 0 aromatic heterocycles. The van der Waals surface area contributed by atoms with Crippen molar-refractivity contribution in [3.63, 3.8) is 0 Å². The molecule has 0 radical (unpaired) electrons. The number of benzene rings is 1. The number of aryl methyl sites for hydroxylation is 1. The Morgan fingerprint density at radius 3 is 2.44 bits per heavy atom. The van der Waals surface area contributed by atoms with Gasteiger partial charge in [-0.15, -0.1) is 0 Å². The molecule has 4 rings (SSSR count). The normalized spacial score (nSPS) is 39.5.